The fourth-order valence-corrected chi connectivity index (χ4v) is 7.08. The zero-order valence-electron chi connectivity index (χ0n) is 27.0. The maximum absolute atomic E-state index is 12.8. The molecule has 0 unspecified atom stereocenters. The van der Waals surface area contributed by atoms with Crippen molar-refractivity contribution >= 4 is 33.4 Å². The van der Waals surface area contributed by atoms with Gasteiger partial charge in [0.05, 0.1) is 10.1 Å². The molecule has 0 aliphatic heterocycles. The molecular formula is C33H44ClN3O9S. The Morgan fingerprint density at radius 2 is 1.81 bits per heavy atom. The molecule has 0 spiro atoms. The summed E-state index contributed by atoms with van der Waals surface area (Å²) in [7, 11) is -2.31. The topological polar surface area (TPSA) is 152 Å². The normalized spacial score (nSPS) is 19.6. The van der Waals surface area contributed by atoms with E-state index in [2.05, 4.69) is 41.3 Å². The zero-order valence-corrected chi connectivity index (χ0v) is 28.6. The van der Waals surface area contributed by atoms with Gasteiger partial charge in [-0.2, -0.15) is 0 Å². The summed E-state index contributed by atoms with van der Waals surface area (Å²) < 4.78 is 45.6. The van der Waals surface area contributed by atoms with Crippen LogP contribution in [-0.4, -0.2) is 76.3 Å². The molecule has 1 aliphatic carbocycles. The second-order valence-corrected chi connectivity index (χ2v) is 14.1. The molecule has 3 atom stereocenters. The van der Waals surface area contributed by atoms with E-state index in [1.54, 1.807) is 6.07 Å². The Morgan fingerprint density at radius 3 is 2.45 bits per heavy atom. The highest BCUT2D eigenvalue weighted by Gasteiger charge is 2.40. The van der Waals surface area contributed by atoms with Gasteiger partial charge < -0.3 is 19.4 Å². The van der Waals surface area contributed by atoms with E-state index in [1.165, 1.54) is 24.3 Å². The number of carbonyl (C=O) groups is 2. The van der Waals surface area contributed by atoms with E-state index in [-0.39, 0.29) is 60.2 Å². The molecule has 0 radical (unpaired) electrons. The van der Waals surface area contributed by atoms with Gasteiger partial charge in [0.2, 0.25) is 0 Å². The average Bonchev–Trinajstić information content (AvgIpc) is 3.43. The molecule has 47 heavy (non-hydrogen) atoms. The number of halogens is 1. The fourth-order valence-electron chi connectivity index (χ4n) is 5.60. The number of aromatic nitrogens is 2. The van der Waals surface area contributed by atoms with Crippen LogP contribution in [0.2, 0.25) is 0 Å². The average molecular weight is 694 g/mol. The Hall–Kier alpha value is -3.68. The number of esters is 2. The molecule has 1 aliphatic rings. The van der Waals surface area contributed by atoms with Gasteiger partial charge in [0.25, 0.3) is 9.84 Å². The van der Waals surface area contributed by atoms with Crippen molar-refractivity contribution in [3.05, 3.63) is 72.5 Å². The van der Waals surface area contributed by atoms with E-state index in [1.807, 2.05) is 13.1 Å². The molecule has 1 aromatic heterocycles. The summed E-state index contributed by atoms with van der Waals surface area (Å²) in [4.78, 5) is 25.9. The lowest BCUT2D eigenvalue weighted by Crippen LogP contribution is -2.36. The van der Waals surface area contributed by atoms with Gasteiger partial charge in [-0.05, 0) is 67.0 Å². The molecule has 0 N–H and O–H groups in total. The van der Waals surface area contributed by atoms with Crippen LogP contribution in [0.3, 0.4) is 0 Å². The molecule has 1 aromatic carbocycles. The maximum atomic E-state index is 12.8. The summed E-state index contributed by atoms with van der Waals surface area (Å²) in [5.41, 5.74) is 2.15. The Balaban J connectivity index is 1.30. The number of ether oxygens (including phenoxy) is 3. The second-order valence-electron chi connectivity index (χ2n) is 11.9. The first kappa shape index (κ1) is 37.8. The van der Waals surface area contributed by atoms with Crippen LogP contribution in [-0.2, 0) is 28.9 Å². The highest BCUT2D eigenvalue weighted by atomic mass is 35.5. The highest BCUT2D eigenvalue weighted by Crippen LogP contribution is 2.49. The summed E-state index contributed by atoms with van der Waals surface area (Å²) in [6, 6.07) is 7.25. The summed E-state index contributed by atoms with van der Waals surface area (Å²) >= 11 is 6.13. The molecular weight excluding hydrogens is 650 g/mol. The number of sulfone groups is 1. The lowest BCUT2D eigenvalue weighted by Gasteiger charge is -2.44. The summed E-state index contributed by atoms with van der Waals surface area (Å²) in [5, 5.41) is 14.5. The molecule has 12 nitrogen and oxygen atoms in total. The van der Waals surface area contributed by atoms with E-state index in [0.29, 0.717) is 24.9 Å². The van der Waals surface area contributed by atoms with Crippen LogP contribution < -0.4 is 9.64 Å². The van der Waals surface area contributed by atoms with Crippen molar-refractivity contribution in [1.29, 1.82) is 0 Å². The predicted octanol–water partition coefficient (Wildman–Crippen LogP) is 4.67. The van der Waals surface area contributed by atoms with Gasteiger partial charge in [0, 0.05) is 31.8 Å². The molecule has 1 fully saturated rings. The lowest BCUT2D eigenvalue weighted by molar-refractivity contribution is -0.832. The first-order valence-corrected chi connectivity index (χ1v) is 17.4. The Bertz CT molecular complexity index is 1510. The predicted molar refractivity (Wildman–Crippen MR) is 174 cm³/mol. The number of benzene rings is 1. The third-order valence-corrected chi connectivity index (χ3v) is 10.5. The van der Waals surface area contributed by atoms with E-state index in [0.717, 1.165) is 30.4 Å². The van der Waals surface area contributed by atoms with Crippen molar-refractivity contribution in [2.45, 2.75) is 55.4 Å². The molecule has 258 valence electrons. The number of carbonyl (C=O) groups excluding carboxylic acids is 2. The third kappa shape index (κ3) is 10.4. The van der Waals surface area contributed by atoms with Crippen molar-refractivity contribution in [3.63, 3.8) is 0 Å². The van der Waals surface area contributed by atoms with Gasteiger partial charge in [-0.1, -0.05) is 55.5 Å². The summed E-state index contributed by atoms with van der Waals surface area (Å²) in [6.45, 7) is 15.7. The van der Waals surface area contributed by atoms with Gasteiger partial charge in [0.1, 0.15) is 19.8 Å². The minimum atomic E-state index is -4.26. The van der Waals surface area contributed by atoms with Gasteiger partial charge in [-0.3, -0.25) is 19.1 Å². The van der Waals surface area contributed by atoms with Crippen molar-refractivity contribution < 1.29 is 41.7 Å². The first-order valence-electron chi connectivity index (χ1n) is 15.4. The van der Waals surface area contributed by atoms with Crippen LogP contribution in [0, 0.1) is 22.5 Å². The smallest absolute Gasteiger partial charge is 0.415 e. The molecule has 1 heterocycles. The van der Waals surface area contributed by atoms with Crippen LogP contribution in [0.4, 0.5) is 0 Å². The Morgan fingerprint density at radius 1 is 1.15 bits per heavy atom. The molecule has 14 heteroatoms. The van der Waals surface area contributed by atoms with E-state index < -0.39 is 32.7 Å². The van der Waals surface area contributed by atoms with E-state index in [4.69, 9.17) is 25.8 Å². The van der Waals surface area contributed by atoms with Crippen LogP contribution in [0.1, 0.15) is 45.4 Å². The number of alkyl halides is 1. The standard InChI is InChI=1S/C33H44ClN3O9S/c1-6-33(4)16-15-26(21-28(33)24(2)22-34)25(3)23-36(5)17-18-43-29(38)13-10-14-30(39)44-19-20-45-31-32(37(40)46-35-31)47(41,42)27-11-8-7-9-12-27/h6-9,11-12,26,28H,1-3,10,13-23H2,4-5H3/t26-,28+,33-/m1/s1. The lowest BCUT2D eigenvalue weighted by atomic mass is 9.61. The van der Waals surface area contributed by atoms with Crippen LogP contribution in [0.15, 0.2) is 81.8 Å². The van der Waals surface area contributed by atoms with Crippen molar-refractivity contribution in [2.24, 2.45) is 17.3 Å². The number of likely N-dealkylation sites (N-methyl/N-ethyl adjacent to an activating group) is 1. The minimum Gasteiger partial charge on any atom is -0.464 e. The Labute approximate surface area is 281 Å². The largest absolute Gasteiger partial charge is 0.464 e. The highest BCUT2D eigenvalue weighted by molar-refractivity contribution is 7.91. The Kier molecular flexibility index (Phi) is 14.0. The van der Waals surface area contributed by atoms with Gasteiger partial charge >= 0.3 is 22.8 Å². The minimum absolute atomic E-state index is 0.0178. The first-order chi connectivity index (χ1) is 22.3. The quantitative estimate of drug-likeness (QED) is 0.0664. The molecule has 0 bridgehead atoms. The summed E-state index contributed by atoms with van der Waals surface area (Å²) in [6.07, 6.45) is 5.22. The maximum Gasteiger partial charge on any atom is 0.415 e. The monoisotopic (exact) mass is 693 g/mol. The molecule has 2 aromatic rings. The van der Waals surface area contributed by atoms with Gasteiger partial charge in [0.15, 0.2) is 0 Å². The van der Waals surface area contributed by atoms with Crippen molar-refractivity contribution in [2.75, 3.05) is 45.8 Å². The fraction of sp³-hybridized carbons (Fsp3) is 0.515. The summed E-state index contributed by atoms with van der Waals surface area (Å²) in [5.74, 6) is -0.513. The van der Waals surface area contributed by atoms with Crippen LogP contribution >= 0.6 is 11.6 Å². The van der Waals surface area contributed by atoms with Crippen LogP contribution in [0.5, 0.6) is 5.88 Å². The van der Waals surface area contributed by atoms with Crippen LogP contribution in [0.25, 0.3) is 0 Å². The van der Waals surface area contributed by atoms with Crippen molar-refractivity contribution in [1.82, 2.24) is 10.1 Å². The molecule has 1 saturated carbocycles. The van der Waals surface area contributed by atoms with Crippen molar-refractivity contribution in [3.8, 4) is 5.88 Å². The zero-order chi connectivity index (χ0) is 34.6. The van der Waals surface area contributed by atoms with E-state index in [9.17, 15) is 23.2 Å². The molecule has 3 rings (SSSR count). The number of hydrogen-bond donors (Lipinski definition) is 0. The van der Waals surface area contributed by atoms with Gasteiger partial charge in [-0.15, -0.1) is 18.2 Å². The van der Waals surface area contributed by atoms with Gasteiger partial charge in [-0.25, -0.2) is 8.42 Å². The molecule has 0 saturated heterocycles. The number of rotatable bonds is 19. The second kappa shape index (κ2) is 17.5. The number of hydrogen-bond acceptors (Lipinski definition) is 11. The third-order valence-electron chi connectivity index (χ3n) is 8.47. The molecule has 0 amide bonds. The number of allylic oxidation sites excluding steroid dienone is 2. The SMILES string of the molecule is C=C[C@]1(C)CC[C@@H](C(=C)CN(C)CCOC(=O)CCCC(=O)OCCOc2no[n+]([O-])c2S(=O)(=O)c2ccccc2)C[C@H]1C(=C)CCl. The number of nitrogens with zero attached hydrogens (tertiary/aromatic N) is 3. The van der Waals surface area contributed by atoms with E-state index >= 15 is 0 Å².